The fourth-order valence-corrected chi connectivity index (χ4v) is 5.12. The van der Waals surface area contributed by atoms with Gasteiger partial charge in [-0.2, -0.15) is 10.4 Å². The van der Waals surface area contributed by atoms with Crippen molar-refractivity contribution in [3.63, 3.8) is 0 Å². The highest BCUT2D eigenvalue weighted by Crippen LogP contribution is 2.63. The maximum absolute atomic E-state index is 13.7. The smallest absolute Gasteiger partial charge is 0.249 e. The molecule has 2 bridgehead atoms. The third-order valence-corrected chi connectivity index (χ3v) is 6.59. The minimum Gasteiger partial charge on any atom is -0.476 e. The van der Waals surface area contributed by atoms with Gasteiger partial charge in [-0.25, -0.2) is 13.8 Å². The summed E-state index contributed by atoms with van der Waals surface area (Å²) in [4.78, 5) is 13.4. The number of hydrogen-bond acceptors (Lipinski definition) is 6. The van der Waals surface area contributed by atoms with E-state index in [0.29, 0.717) is 36.8 Å². The maximum atomic E-state index is 13.7. The summed E-state index contributed by atoms with van der Waals surface area (Å²) in [5, 5.41) is 22.0. The Kier molecular flexibility index (Phi) is 4.65. The molecule has 3 saturated carbocycles. The first-order valence-corrected chi connectivity index (χ1v) is 10.2. The number of benzene rings is 1. The summed E-state index contributed by atoms with van der Waals surface area (Å²) in [6, 6.07) is 7.90. The second kappa shape index (κ2) is 7.38. The molecule has 1 aromatic carbocycles. The minimum absolute atomic E-state index is 0.0900. The van der Waals surface area contributed by atoms with Gasteiger partial charge in [0.1, 0.15) is 17.7 Å². The van der Waals surface area contributed by atoms with Gasteiger partial charge in [0.2, 0.25) is 11.8 Å². The number of aromatic nitrogens is 2. The first kappa shape index (κ1) is 19.5. The van der Waals surface area contributed by atoms with Crippen molar-refractivity contribution in [2.75, 3.05) is 6.61 Å². The molecule has 7 nitrogen and oxygen atoms in total. The molecule has 4 aliphatic rings. The molecule has 9 heteroatoms. The van der Waals surface area contributed by atoms with Crippen LogP contribution < -0.4 is 4.74 Å². The zero-order valence-electron chi connectivity index (χ0n) is 16.5. The van der Waals surface area contributed by atoms with Gasteiger partial charge in [0.15, 0.2) is 5.69 Å². The number of hydrogen-bond donors (Lipinski definition) is 0. The molecule has 1 amide bonds. The molecule has 6 rings (SSSR count). The number of carbonyl (C=O) groups excluding carboxylic acids is 1. The highest BCUT2D eigenvalue weighted by Gasteiger charge is 2.62. The summed E-state index contributed by atoms with van der Waals surface area (Å²) in [5.41, 5.74) is 0.132. The van der Waals surface area contributed by atoms with E-state index < -0.39 is 23.1 Å². The van der Waals surface area contributed by atoms with Crippen LogP contribution in [0, 0.1) is 40.2 Å². The van der Waals surface area contributed by atoms with Gasteiger partial charge in [0.05, 0.1) is 18.1 Å². The topological polar surface area (TPSA) is 91.5 Å². The Morgan fingerprint density at radius 3 is 2.65 bits per heavy atom. The normalized spacial score (nSPS) is 28.3. The van der Waals surface area contributed by atoms with E-state index in [1.807, 2.05) is 6.07 Å². The SMILES string of the molecule is N#Cc1ccc(OC[C@@H]2CC3(C(=O)N4N=CCC4c4cc(F)cc(F)c4)CC2C3)nn1. The van der Waals surface area contributed by atoms with E-state index in [0.717, 1.165) is 18.9 Å². The lowest BCUT2D eigenvalue weighted by Crippen LogP contribution is -2.45. The fraction of sp³-hybridized carbons (Fsp3) is 0.409. The molecular weight excluding hydrogens is 404 g/mol. The van der Waals surface area contributed by atoms with Crippen LogP contribution >= 0.6 is 0 Å². The van der Waals surface area contributed by atoms with Crippen LogP contribution in [0.3, 0.4) is 0 Å². The molecule has 3 aliphatic carbocycles. The summed E-state index contributed by atoms with van der Waals surface area (Å²) in [7, 11) is 0. The van der Waals surface area contributed by atoms with Gasteiger partial charge in [0.25, 0.3) is 0 Å². The fourth-order valence-electron chi connectivity index (χ4n) is 5.12. The summed E-state index contributed by atoms with van der Waals surface area (Å²) in [6.07, 6.45) is 4.25. The van der Waals surface area contributed by atoms with E-state index in [9.17, 15) is 13.6 Å². The first-order chi connectivity index (χ1) is 15.0. The number of nitrogens with zero attached hydrogens (tertiary/aromatic N) is 5. The summed E-state index contributed by atoms with van der Waals surface area (Å²) < 4.78 is 33.1. The lowest BCUT2D eigenvalue weighted by atomic mass is 9.68. The molecule has 2 heterocycles. The van der Waals surface area contributed by atoms with Crippen LogP contribution in [-0.2, 0) is 4.79 Å². The molecule has 1 aromatic heterocycles. The third kappa shape index (κ3) is 3.42. The quantitative estimate of drug-likeness (QED) is 0.735. The molecule has 2 atom stereocenters. The molecule has 1 aliphatic heterocycles. The van der Waals surface area contributed by atoms with Gasteiger partial charge < -0.3 is 4.74 Å². The largest absolute Gasteiger partial charge is 0.476 e. The van der Waals surface area contributed by atoms with Crippen LogP contribution in [0.25, 0.3) is 0 Å². The molecule has 1 unspecified atom stereocenters. The standard InChI is InChI=1S/C22H19F2N5O2/c23-16-5-13(6-17(24)7-16)19-3-4-26-29(19)21(30)22-8-14(9-22)15(10-22)12-31-20-2-1-18(11-25)27-28-20/h1-2,4-7,14-15,19H,3,8-10,12H2/t14?,15-,19?,22?/m0/s1. The Morgan fingerprint density at radius 2 is 1.97 bits per heavy atom. The van der Waals surface area contributed by atoms with Crippen molar-refractivity contribution in [2.45, 2.75) is 31.7 Å². The molecule has 31 heavy (non-hydrogen) atoms. The molecule has 0 radical (unpaired) electrons. The van der Waals surface area contributed by atoms with Crippen LogP contribution in [-0.4, -0.2) is 33.9 Å². The second-order valence-electron chi connectivity index (χ2n) is 8.49. The highest BCUT2D eigenvalue weighted by atomic mass is 19.1. The van der Waals surface area contributed by atoms with Crippen LogP contribution in [0.2, 0.25) is 0 Å². The summed E-state index contributed by atoms with van der Waals surface area (Å²) in [5.74, 6) is -0.487. The molecule has 2 aromatic rings. The van der Waals surface area contributed by atoms with Crippen molar-refractivity contribution < 1.29 is 18.3 Å². The zero-order valence-corrected chi connectivity index (χ0v) is 16.5. The number of fused-ring (bicyclic) bond motifs is 1. The van der Waals surface area contributed by atoms with E-state index >= 15 is 0 Å². The summed E-state index contributed by atoms with van der Waals surface area (Å²) in [6.45, 7) is 0.419. The van der Waals surface area contributed by atoms with Crippen molar-refractivity contribution in [3.05, 3.63) is 53.2 Å². The van der Waals surface area contributed by atoms with E-state index in [4.69, 9.17) is 10.00 Å². The Bertz CT molecular complexity index is 1070. The predicted molar refractivity (Wildman–Crippen MR) is 105 cm³/mol. The number of hydrazone groups is 1. The van der Waals surface area contributed by atoms with Gasteiger partial charge in [-0.3, -0.25) is 4.79 Å². The zero-order chi connectivity index (χ0) is 21.6. The number of amides is 1. The summed E-state index contributed by atoms with van der Waals surface area (Å²) >= 11 is 0. The van der Waals surface area contributed by atoms with E-state index in [-0.39, 0.29) is 17.5 Å². The lowest BCUT2D eigenvalue weighted by molar-refractivity contribution is -0.148. The minimum atomic E-state index is -0.667. The average Bonchev–Trinajstić information content (AvgIpc) is 3.44. The van der Waals surface area contributed by atoms with Crippen LogP contribution in [0.15, 0.2) is 35.4 Å². The van der Waals surface area contributed by atoms with Crippen molar-refractivity contribution in [3.8, 4) is 11.9 Å². The number of halogens is 2. The first-order valence-electron chi connectivity index (χ1n) is 10.2. The Hall–Kier alpha value is -3.41. The van der Waals surface area contributed by atoms with Crippen molar-refractivity contribution in [2.24, 2.45) is 22.4 Å². The molecule has 0 saturated heterocycles. The molecule has 0 N–H and O–H groups in total. The maximum Gasteiger partial charge on any atom is 0.249 e. The Balaban J connectivity index is 1.25. The van der Waals surface area contributed by atoms with Crippen molar-refractivity contribution >= 4 is 12.1 Å². The lowest BCUT2D eigenvalue weighted by Gasteiger charge is -2.40. The van der Waals surface area contributed by atoms with Crippen LogP contribution in [0.5, 0.6) is 5.88 Å². The number of nitriles is 1. The Labute approximate surface area is 177 Å². The molecule has 3 fully saturated rings. The molecule has 0 spiro atoms. The monoisotopic (exact) mass is 423 g/mol. The Morgan fingerprint density at radius 1 is 1.19 bits per heavy atom. The van der Waals surface area contributed by atoms with Gasteiger partial charge in [-0.1, -0.05) is 0 Å². The van der Waals surface area contributed by atoms with E-state index in [1.165, 1.54) is 17.1 Å². The van der Waals surface area contributed by atoms with E-state index in [1.54, 1.807) is 18.3 Å². The van der Waals surface area contributed by atoms with Crippen LogP contribution in [0.1, 0.15) is 43.0 Å². The van der Waals surface area contributed by atoms with Gasteiger partial charge in [0, 0.05) is 24.8 Å². The van der Waals surface area contributed by atoms with Gasteiger partial charge >= 0.3 is 0 Å². The van der Waals surface area contributed by atoms with Gasteiger partial charge in [-0.15, -0.1) is 10.2 Å². The third-order valence-electron chi connectivity index (χ3n) is 6.59. The van der Waals surface area contributed by atoms with Gasteiger partial charge in [-0.05, 0) is 54.9 Å². The van der Waals surface area contributed by atoms with Crippen molar-refractivity contribution in [1.29, 1.82) is 5.26 Å². The second-order valence-corrected chi connectivity index (χ2v) is 8.49. The van der Waals surface area contributed by atoms with Crippen LogP contribution in [0.4, 0.5) is 8.78 Å². The number of ether oxygens (including phenoxy) is 1. The highest BCUT2D eigenvalue weighted by molar-refractivity contribution is 5.86. The predicted octanol–water partition coefficient (Wildman–Crippen LogP) is 3.38. The number of carbonyl (C=O) groups is 1. The number of rotatable bonds is 5. The molecule has 158 valence electrons. The van der Waals surface area contributed by atoms with E-state index in [2.05, 4.69) is 15.3 Å². The van der Waals surface area contributed by atoms with Crippen molar-refractivity contribution in [1.82, 2.24) is 15.2 Å². The molecular formula is C22H19F2N5O2. The average molecular weight is 423 g/mol.